The van der Waals surface area contributed by atoms with E-state index >= 15 is 0 Å². The molecule has 32 heavy (non-hydrogen) atoms. The molecule has 4 heterocycles. The molecule has 1 aliphatic heterocycles. The minimum absolute atomic E-state index is 0.0792. The van der Waals surface area contributed by atoms with Crippen LogP contribution in [0.3, 0.4) is 0 Å². The lowest BCUT2D eigenvalue weighted by Crippen LogP contribution is -2.39. The summed E-state index contributed by atoms with van der Waals surface area (Å²) < 4.78 is 19.2. The third-order valence-corrected chi connectivity index (χ3v) is 6.40. The largest absolute Gasteiger partial charge is 0.443 e. The van der Waals surface area contributed by atoms with Crippen molar-refractivity contribution in [2.24, 2.45) is 0 Å². The van der Waals surface area contributed by atoms with Gasteiger partial charge in [0.05, 0.1) is 27.8 Å². The molecule has 1 saturated heterocycles. The molecule has 1 fully saturated rings. The molecule has 0 radical (unpaired) electrons. The maximum atomic E-state index is 13.6. The molecular weight excluding hydrogens is 427 g/mol. The smallest absolute Gasteiger partial charge is 0.256 e. The average Bonchev–Trinajstić information content (AvgIpc) is 3.53. The van der Waals surface area contributed by atoms with Crippen LogP contribution in [0, 0.1) is 5.82 Å². The van der Waals surface area contributed by atoms with Gasteiger partial charge in [0, 0.05) is 25.4 Å². The number of aromatic nitrogens is 3. The second-order valence-corrected chi connectivity index (χ2v) is 8.63. The zero-order valence-corrected chi connectivity index (χ0v) is 18.1. The minimum atomic E-state index is -0.267. The van der Waals surface area contributed by atoms with Gasteiger partial charge in [0.15, 0.2) is 0 Å². The lowest BCUT2D eigenvalue weighted by atomic mass is 10.00. The lowest BCUT2D eigenvalue weighted by molar-refractivity contribution is 0.0570. The molecular formula is C24H21FN4O2S. The Hall–Kier alpha value is -3.39. The number of nitrogens with zero attached hydrogens (tertiary/aromatic N) is 4. The molecule has 4 aromatic rings. The quantitative estimate of drug-likeness (QED) is 0.415. The number of oxazole rings is 1. The minimum Gasteiger partial charge on any atom is -0.443 e. The highest BCUT2D eigenvalue weighted by atomic mass is 32.1. The Morgan fingerprint density at radius 1 is 1.16 bits per heavy atom. The van der Waals surface area contributed by atoms with Crippen LogP contribution in [-0.2, 0) is 6.42 Å². The molecule has 1 atom stereocenters. The van der Waals surface area contributed by atoms with E-state index in [-0.39, 0.29) is 17.8 Å². The first-order valence-electron chi connectivity index (χ1n) is 10.5. The molecule has 0 N–H and O–H groups in total. The number of likely N-dealkylation sites (tertiary alicyclic amines) is 1. The van der Waals surface area contributed by atoms with E-state index in [1.54, 1.807) is 42.3 Å². The van der Waals surface area contributed by atoms with Crippen molar-refractivity contribution in [1.29, 1.82) is 0 Å². The van der Waals surface area contributed by atoms with E-state index < -0.39 is 0 Å². The van der Waals surface area contributed by atoms with Gasteiger partial charge >= 0.3 is 0 Å². The van der Waals surface area contributed by atoms with E-state index in [4.69, 9.17) is 4.42 Å². The van der Waals surface area contributed by atoms with Crippen molar-refractivity contribution >= 4 is 17.2 Å². The van der Waals surface area contributed by atoms with Gasteiger partial charge in [0.25, 0.3) is 5.91 Å². The normalized spacial score (nSPS) is 16.3. The first kappa shape index (κ1) is 20.5. The Morgan fingerprint density at radius 2 is 2.03 bits per heavy atom. The first-order valence-corrected chi connectivity index (χ1v) is 11.4. The standard InChI is InChI=1S/C24H21FN4O2S/c25-17-8-6-16(7-9-17)12-18-13-28-23(31-18)20-5-1-2-11-29(20)24(30)19-4-3-10-27-22(19)21-14-26-15-32-21/h3-4,6-10,13-15,20H,1-2,5,11-12H2/t20-/m0/s1. The van der Waals surface area contributed by atoms with E-state index in [0.29, 0.717) is 35.9 Å². The predicted octanol–water partition coefficient (Wildman–Crippen LogP) is 5.29. The summed E-state index contributed by atoms with van der Waals surface area (Å²) in [6.45, 7) is 0.635. The van der Waals surface area contributed by atoms with Crippen LogP contribution in [-0.4, -0.2) is 32.3 Å². The fourth-order valence-electron chi connectivity index (χ4n) is 4.05. The Morgan fingerprint density at radius 3 is 2.84 bits per heavy atom. The summed E-state index contributed by atoms with van der Waals surface area (Å²) >= 11 is 1.46. The third-order valence-electron chi connectivity index (χ3n) is 5.62. The van der Waals surface area contributed by atoms with Gasteiger partial charge in [-0.2, -0.15) is 0 Å². The van der Waals surface area contributed by atoms with Gasteiger partial charge in [-0.3, -0.25) is 14.8 Å². The van der Waals surface area contributed by atoms with Crippen LogP contribution < -0.4 is 0 Å². The van der Waals surface area contributed by atoms with Crippen LogP contribution in [0.4, 0.5) is 4.39 Å². The molecule has 3 aromatic heterocycles. The highest BCUT2D eigenvalue weighted by Gasteiger charge is 2.33. The van der Waals surface area contributed by atoms with Crippen LogP contribution in [0.2, 0.25) is 0 Å². The number of rotatable bonds is 5. The number of pyridine rings is 1. The number of benzene rings is 1. The average molecular weight is 449 g/mol. The molecule has 1 aliphatic rings. The van der Waals surface area contributed by atoms with Crippen molar-refractivity contribution < 1.29 is 13.6 Å². The van der Waals surface area contributed by atoms with E-state index in [9.17, 15) is 9.18 Å². The highest BCUT2D eigenvalue weighted by molar-refractivity contribution is 7.13. The maximum absolute atomic E-state index is 13.6. The molecule has 1 aromatic carbocycles. The van der Waals surface area contributed by atoms with Crippen LogP contribution in [0.5, 0.6) is 0 Å². The van der Waals surface area contributed by atoms with Crippen molar-refractivity contribution in [1.82, 2.24) is 19.9 Å². The molecule has 6 nitrogen and oxygen atoms in total. The zero-order valence-electron chi connectivity index (χ0n) is 17.3. The summed E-state index contributed by atoms with van der Waals surface area (Å²) in [5.74, 6) is 0.885. The molecule has 8 heteroatoms. The summed E-state index contributed by atoms with van der Waals surface area (Å²) in [7, 11) is 0. The Labute approximate surface area is 188 Å². The Bertz CT molecular complexity index is 1210. The van der Waals surface area contributed by atoms with E-state index in [2.05, 4.69) is 15.0 Å². The number of amides is 1. The number of thiazole rings is 1. The van der Waals surface area contributed by atoms with Crippen molar-refractivity contribution in [3.63, 3.8) is 0 Å². The molecule has 0 saturated carbocycles. The van der Waals surface area contributed by atoms with Crippen molar-refractivity contribution in [3.05, 3.63) is 89.1 Å². The molecule has 0 bridgehead atoms. The van der Waals surface area contributed by atoms with E-state index in [1.165, 1.54) is 23.5 Å². The SMILES string of the molecule is O=C(c1cccnc1-c1cncs1)N1CCCC[C@H]1c1ncc(Cc2ccc(F)cc2)o1. The van der Waals surface area contributed by atoms with Crippen LogP contribution in [0.1, 0.15) is 52.9 Å². The summed E-state index contributed by atoms with van der Waals surface area (Å²) in [4.78, 5) is 29.4. The molecule has 0 spiro atoms. The second-order valence-electron chi connectivity index (χ2n) is 7.74. The summed E-state index contributed by atoms with van der Waals surface area (Å²) in [5, 5.41) is 0. The second kappa shape index (κ2) is 9.00. The van der Waals surface area contributed by atoms with Crippen molar-refractivity contribution in [2.45, 2.75) is 31.7 Å². The predicted molar refractivity (Wildman–Crippen MR) is 119 cm³/mol. The topological polar surface area (TPSA) is 72.1 Å². The summed E-state index contributed by atoms with van der Waals surface area (Å²) in [5.41, 5.74) is 3.88. The van der Waals surface area contributed by atoms with E-state index in [1.807, 2.05) is 11.0 Å². The number of carbonyl (C=O) groups is 1. The van der Waals surface area contributed by atoms with Crippen molar-refractivity contribution in [2.75, 3.05) is 6.54 Å². The highest BCUT2D eigenvalue weighted by Crippen LogP contribution is 2.34. The fraction of sp³-hybridized carbons (Fsp3) is 0.250. The van der Waals surface area contributed by atoms with Crippen LogP contribution >= 0.6 is 11.3 Å². The Kier molecular flexibility index (Phi) is 5.77. The molecule has 5 rings (SSSR count). The van der Waals surface area contributed by atoms with Gasteiger partial charge in [-0.15, -0.1) is 11.3 Å². The summed E-state index contributed by atoms with van der Waals surface area (Å²) in [6.07, 6.45) is 8.36. The molecule has 0 aliphatic carbocycles. The molecule has 162 valence electrons. The summed E-state index contributed by atoms with van der Waals surface area (Å²) in [6, 6.07) is 9.70. The molecule has 0 unspecified atom stereocenters. The number of hydrogen-bond acceptors (Lipinski definition) is 6. The monoisotopic (exact) mass is 448 g/mol. The van der Waals surface area contributed by atoms with Gasteiger partial charge in [-0.1, -0.05) is 12.1 Å². The van der Waals surface area contributed by atoms with Gasteiger partial charge in [-0.25, -0.2) is 9.37 Å². The van der Waals surface area contributed by atoms with Gasteiger partial charge < -0.3 is 9.32 Å². The lowest BCUT2D eigenvalue weighted by Gasteiger charge is -2.34. The number of piperidine rings is 1. The molecule has 1 amide bonds. The van der Waals surface area contributed by atoms with Gasteiger partial charge in [-0.05, 0) is 49.1 Å². The van der Waals surface area contributed by atoms with E-state index in [0.717, 1.165) is 29.7 Å². The fourth-order valence-corrected chi connectivity index (χ4v) is 4.69. The van der Waals surface area contributed by atoms with Crippen LogP contribution in [0.15, 0.2) is 64.9 Å². The van der Waals surface area contributed by atoms with Gasteiger partial charge in [0.2, 0.25) is 5.89 Å². The third kappa shape index (κ3) is 4.18. The van der Waals surface area contributed by atoms with Crippen LogP contribution in [0.25, 0.3) is 10.6 Å². The first-order chi connectivity index (χ1) is 15.7. The Balaban J connectivity index is 1.40. The zero-order chi connectivity index (χ0) is 21.9. The number of hydrogen-bond donors (Lipinski definition) is 0. The maximum Gasteiger partial charge on any atom is 0.256 e. The van der Waals surface area contributed by atoms with Crippen molar-refractivity contribution in [3.8, 4) is 10.6 Å². The van der Waals surface area contributed by atoms with Gasteiger partial charge in [0.1, 0.15) is 17.6 Å². The number of carbonyl (C=O) groups excluding carboxylic acids is 1. The number of halogens is 1.